The van der Waals surface area contributed by atoms with E-state index in [4.69, 9.17) is 36.5 Å². The SMILES string of the molecule is CCOc1nc2c(N)nc(OCCCN)nc2n1Cc1cccc(CC(=O)O)c1.Nc1nc2nc3c1[nH]c(=O)n3Cc1cccc(c1)CC(=O)NCCCO2.[Y]. The maximum absolute atomic E-state index is 12.4. The standard InChI is InChI=1S/C19H24N6O4.C17H18N6O3.Y/c1-2-28-19-22-15-16(21)23-18(29-8-4-7-20)24-17(15)25(19)11-13-6-3-5-12(9-13)10-14(26)27;18-14-13-15-22-16(21-14)26-6-2-5-19-12(24)8-10-3-1-4-11(7-10)9-23(15)17(25)20-13;/h3,5-6,9H,2,4,7-8,10-11,20H2,1H3,(H,26,27)(H2,21,23,24);1,3-4,7H,2,5-6,8-9H2,(H,19,24)(H,20,25)(H2,18,21,22);. The molecule has 4 aromatic heterocycles. The second-order valence-electron chi connectivity index (χ2n) is 12.5. The molecule has 0 unspecified atom stereocenters. The molecule has 291 valence electrons. The maximum atomic E-state index is 12.4. The van der Waals surface area contributed by atoms with E-state index < -0.39 is 5.97 Å². The molecule has 4 bridgehead atoms. The number of H-pyrrole nitrogens is 1. The third-order valence-corrected chi connectivity index (χ3v) is 8.31. The summed E-state index contributed by atoms with van der Waals surface area (Å²) in [5, 5.41) is 11.9. The molecule has 0 saturated carbocycles. The number of fused-ring (bicyclic) bond motifs is 4. The molecule has 1 amide bonds. The summed E-state index contributed by atoms with van der Waals surface area (Å²) in [6, 6.07) is 15.5. The average Bonchev–Trinajstić information content (AvgIpc) is 3.65. The van der Waals surface area contributed by atoms with Crippen LogP contribution in [0.4, 0.5) is 11.6 Å². The van der Waals surface area contributed by atoms with E-state index >= 15 is 0 Å². The van der Waals surface area contributed by atoms with E-state index in [2.05, 4.69) is 35.2 Å². The van der Waals surface area contributed by atoms with Gasteiger partial charge in [-0.25, -0.2) is 4.79 Å². The van der Waals surface area contributed by atoms with E-state index in [-0.39, 0.29) is 80.8 Å². The Labute approximate surface area is 345 Å². The number of carboxylic acids is 1. The number of carbonyl (C=O) groups is 2. The van der Waals surface area contributed by atoms with Crippen molar-refractivity contribution in [2.75, 3.05) is 44.4 Å². The first-order valence-corrected chi connectivity index (χ1v) is 17.6. The summed E-state index contributed by atoms with van der Waals surface area (Å²) in [4.78, 5) is 59.5. The van der Waals surface area contributed by atoms with Crippen molar-refractivity contribution >= 4 is 45.8 Å². The summed E-state index contributed by atoms with van der Waals surface area (Å²) in [6.45, 7) is 4.63. The van der Waals surface area contributed by atoms with Crippen LogP contribution in [0.5, 0.6) is 18.0 Å². The number of aliphatic carboxylic acids is 1. The van der Waals surface area contributed by atoms with Crippen LogP contribution < -0.4 is 42.4 Å². The number of nitrogens with two attached hydrogens (primary N) is 3. The van der Waals surface area contributed by atoms with Crippen LogP contribution in [-0.2, 0) is 68.2 Å². The number of nitrogens with zero attached hydrogens (tertiary/aromatic N) is 7. The minimum Gasteiger partial charge on any atom is -0.481 e. The molecule has 0 saturated heterocycles. The molecular formula is C36H42N12O7Y. The van der Waals surface area contributed by atoms with E-state index in [1.165, 1.54) is 4.57 Å². The van der Waals surface area contributed by atoms with Gasteiger partial charge >= 0.3 is 23.7 Å². The third kappa shape index (κ3) is 10.3. The third-order valence-electron chi connectivity index (χ3n) is 8.31. The fraction of sp³-hybridized carbons (Fsp3) is 0.333. The van der Waals surface area contributed by atoms with Gasteiger partial charge in [0, 0.05) is 39.3 Å². The zero-order valence-electron chi connectivity index (χ0n) is 30.7. The van der Waals surface area contributed by atoms with Crippen LogP contribution in [0.1, 0.15) is 42.0 Å². The van der Waals surface area contributed by atoms with Crippen LogP contribution in [0, 0.1) is 0 Å². The van der Waals surface area contributed by atoms with Crippen molar-refractivity contribution in [2.45, 2.75) is 45.7 Å². The van der Waals surface area contributed by atoms with Gasteiger partial charge in [-0.3, -0.25) is 18.7 Å². The van der Waals surface area contributed by atoms with Gasteiger partial charge in [-0.15, -0.1) is 0 Å². The van der Waals surface area contributed by atoms with Crippen LogP contribution in [0.2, 0.25) is 0 Å². The summed E-state index contributed by atoms with van der Waals surface area (Å²) < 4.78 is 20.0. The van der Waals surface area contributed by atoms with Gasteiger partial charge in [0.1, 0.15) is 5.52 Å². The molecule has 2 aromatic carbocycles. The molecule has 1 aliphatic heterocycles. The molecule has 1 aliphatic rings. The summed E-state index contributed by atoms with van der Waals surface area (Å²) in [5.41, 5.74) is 22.2. The Bertz CT molecular complexity index is 2380. The van der Waals surface area contributed by atoms with Crippen molar-refractivity contribution < 1.29 is 61.6 Å². The number of nitrogen functional groups attached to an aromatic ring is 2. The number of benzene rings is 2. The first-order chi connectivity index (χ1) is 26.6. The van der Waals surface area contributed by atoms with Gasteiger partial charge in [0.25, 0.3) is 6.01 Å². The van der Waals surface area contributed by atoms with Crippen LogP contribution in [-0.4, -0.2) is 88.9 Å². The number of hydrogen-bond acceptors (Lipinski definition) is 14. The monoisotopic (exact) mass is 843 g/mol. The van der Waals surface area contributed by atoms with Crippen molar-refractivity contribution in [2.24, 2.45) is 5.73 Å². The topological polar surface area (TPSA) is 279 Å². The summed E-state index contributed by atoms with van der Waals surface area (Å²) in [6.07, 6.45) is 1.51. The molecule has 0 atom stereocenters. The van der Waals surface area contributed by atoms with Gasteiger partial charge in [0.2, 0.25) is 5.91 Å². The predicted octanol–water partition coefficient (Wildman–Crippen LogP) is 1.40. The minimum absolute atomic E-state index is 0. The molecule has 7 rings (SSSR count). The normalized spacial score (nSPS) is 12.7. The van der Waals surface area contributed by atoms with Gasteiger partial charge < -0.3 is 46.8 Å². The van der Waals surface area contributed by atoms with E-state index in [0.29, 0.717) is 92.7 Å². The summed E-state index contributed by atoms with van der Waals surface area (Å²) in [7, 11) is 0. The maximum Gasteiger partial charge on any atom is 0.328 e. The Hall–Kier alpha value is -5.66. The number of rotatable bonds is 10. The summed E-state index contributed by atoms with van der Waals surface area (Å²) in [5.74, 6) is -0.589. The van der Waals surface area contributed by atoms with Crippen molar-refractivity contribution in [3.8, 4) is 18.0 Å². The van der Waals surface area contributed by atoms with Gasteiger partial charge in [-0.1, -0.05) is 48.5 Å². The largest absolute Gasteiger partial charge is 0.481 e. The fourth-order valence-corrected chi connectivity index (χ4v) is 5.84. The number of carbonyl (C=O) groups excluding carboxylic acids is 1. The van der Waals surface area contributed by atoms with E-state index in [0.717, 1.165) is 16.7 Å². The number of aromatic nitrogens is 8. The molecule has 0 spiro atoms. The number of imidazole rings is 2. The first-order valence-electron chi connectivity index (χ1n) is 17.6. The smallest absolute Gasteiger partial charge is 0.328 e. The second-order valence-corrected chi connectivity index (χ2v) is 12.5. The van der Waals surface area contributed by atoms with E-state index in [1.54, 1.807) is 10.6 Å². The molecule has 19 nitrogen and oxygen atoms in total. The number of hydrogen-bond donors (Lipinski definition) is 6. The molecule has 9 N–H and O–H groups in total. The predicted molar refractivity (Wildman–Crippen MR) is 202 cm³/mol. The van der Waals surface area contributed by atoms with Crippen molar-refractivity contribution in [1.82, 2.24) is 44.4 Å². The van der Waals surface area contributed by atoms with Crippen LogP contribution >= 0.6 is 0 Å². The molecule has 20 heteroatoms. The van der Waals surface area contributed by atoms with Crippen LogP contribution in [0.25, 0.3) is 22.3 Å². The number of amides is 1. The van der Waals surface area contributed by atoms with Gasteiger partial charge in [0.05, 0.1) is 45.8 Å². The van der Waals surface area contributed by atoms with Crippen molar-refractivity contribution in [1.29, 1.82) is 0 Å². The summed E-state index contributed by atoms with van der Waals surface area (Å²) >= 11 is 0. The van der Waals surface area contributed by atoms with E-state index in [1.807, 2.05) is 49.4 Å². The quantitative estimate of drug-likeness (QED) is 0.106. The molecule has 5 heterocycles. The second kappa shape index (κ2) is 19.3. The molecule has 6 aromatic rings. The van der Waals surface area contributed by atoms with Crippen molar-refractivity contribution in [3.05, 3.63) is 81.3 Å². The number of aromatic amines is 1. The van der Waals surface area contributed by atoms with Gasteiger partial charge in [-0.2, -0.15) is 24.9 Å². The van der Waals surface area contributed by atoms with E-state index in [9.17, 15) is 14.4 Å². The first kappa shape index (κ1) is 41.5. The van der Waals surface area contributed by atoms with Crippen LogP contribution in [0.3, 0.4) is 0 Å². The molecule has 0 fully saturated rings. The zero-order chi connectivity index (χ0) is 38.9. The molecule has 1 radical (unpaired) electrons. The average molecular weight is 844 g/mol. The van der Waals surface area contributed by atoms with Gasteiger partial charge in [-0.05, 0) is 48.6 Å². The number of nitrogens with one attached hydrogen (secondary N) is 2. The fourth-order valence-electron chi connectivity index (χ4n) is 5.84. The Kier molecular flexibility index (Phi) is 14.3. The molecule has 56 heavy (non-hydrogen) atoms. The number of carboxylic acid groups (broad SMARTS) is 1. The molecule has 0 aliphatic carbocycles. The molecular weight excluding hydrogens is 801 g/mol. The zero-order valence-corrected chi connectivity index (χ0v) is 33.6. The Morgan fingerprint density at radius 1 is 0.964 bits per heavy atom. The Balaban J connectivity index is 0.000000211. The minimum atomic E-state index is -0.884. The van der Waals surface area contributed by atoms with Crippen LogP contribution in [0.15, 0.2) is 53.3 Å². The Morgan fingerprint density at radius 2 is 1.75 bits per heavy atom. The van der Waals surface area contributed by atoms with Crippen molar-refractivity contribution in [3.63, 3.8) is 0 Å². The van der Waals surface area contributed by atoms with Gasteiger partial charge in [0.15, 0.2) is 28.4 Å². The number of ether oxygens (including phenoxy) is 3. The number of anilines is 2. The Morgan fingerprint density at radius 3 is 2.54 bits per heavy atom.